The molecule has 0 rings (SSSR count). The van der Waals surface area contributed by atoms with Crippen LogP contribution < -0.4 is 11.1 Å². The summed E-state index contributed by atoms with van der Waals surface area (Å²) in [4.78, 5) is 4.19. The predicted octanol–water partition coefficient (Wildman–Crippen LogP) is 0.741. The van der Waals surface area contributed by atoms with Crippen LogP contribution >= 0.6 is 0 Å². The molecule has 0 aliphatic rings. The zero-order chi connectivity index (χ0) is 12.4. The number of nitrogens with two attached hydrogens (primary N) is 1. The first-order valence-electron chi connectivity index (χ1n) is 5.73. The number of aliphatic imine (C=N–C) groups is 1. The Morgan fingerprint density at radius 2 is 2.06 bits per heavy atom. The van der Waals surface area contributed by atoms with Crippen molar-refractivity contribution in [2.45, 2.75) is 39.3 Å². The summed E-state index contributed by atoms with van der Waals surface area (Å²) in [6.45, 7) is 8.06. The summed E-state index contributed by atoms with van der Waals surface area (Å²) in [7, 11) is 1.66. The lowest BCUT2D eigenvalue weighted by molar-refractivity contribution is 0.0782. The molecule has 0 saturated carbocycles. The summed E-state index contributed by atoms with van der Waals surface area (Å²) < 4.78 is 10.4. The molecule has 5 heteroatoms. The van der Waals surface area contributed by atoms with Gasteiger partial charge in [-0.2, -0.15) is 0 Å². The minimum atomic E-state index is 0.181. The summed E-state index contributed by atoms with van der Waals surface area (Å²) in [5, 5.41) is 3.04. The molecule has 0 bridgehead atoms. The van der Waals surface area contributed by atoms with Gasteiger partial charge in [-0.3, -0.25) is 4.99 Å². The molecule has 0 heterocycles. The number of guanidine groups is 1. The Bertz CT molecular complexity index is 196. The lowest BCUT2D eigenvalue weighted by Crippen LogP contribution is -2.40. The fourth-order valence-electron chi connectivity index (χ4n) is 1.17. The van der Waals surface area contributed by atoms with Gasteiger partial charge in [0.1, 0.15) is 0 Å². The van der Waals surface area contributed by atoms with E-state index in [-0.39, 0.29) is 12.1 Å². The lowest BCUT2D eigenvalue weighted by Gasteiger charge is -2.13. The lowest BCUT2D eigenvalue weighted by atomic mass is 10.4. The van der Waals surface area contributed by atoms with Crippen LogP contribution in [-0.4, -0.2) is 45.0 Å². The van der Waals surface area contributed by atoms with E-state index in [1.165, 1.54) is 0 Å². The van der Waals surface area contributed by atoms with Crippen molar-refractivity contribution in [2.24, 2.45) is 10.7 Å². The molecule has 0 aromatic heterocycles. The van der Waals surface area contributed by atoms with Crippen molar-refractivity contribution in [1.29, 1.82) is 0 Å². The number of nitrogens with zero attached hydrogens (tertiary/aromatic N) is 1. The second-order valence-electron chi connectivity index (χ2n) is 4.04. The van der Waals surface area contributed by atoms with Gasteiger partial charge in [0.15, 0.2) is 5.96 Å². The van der Waals surface area contributed by atoms with E-state index in [9.17, 15) is 0 Å². The molecular weight excluding hydrogens is 206 g/mol. The molecule has 0 spiro atoms. The van der Waals surface area contributed by atoms with Crippen LogP contribution in [0.4, 0.5) is 0 Å². The van der Waals surface area contributed by atoms with Crippen LogP contribution in [0.1, 0.15) is 27.2 Å². The van der Waals surface area contributed by atoms with Crippen molar-refractivity contribution in [3.63, 3.8) is 0 Å². The number of hydrogen-bond acceptors (Lipinski definition) is 3. The number of hydrogen-bond donors (Lipinski definition) is 2. The van der Waals surface area contributed by atoms with Gasteiger partial charge in [0, 0.05) is 26.3 Å². The Morgan fingerprint density at radius 3 is 2.62 bits per heavy atom. The molecule has 0 aromatic rings. The van der Waals surface area contributed by atoms with Crippen LogP contribution in [-0.2, 0) is 9.47 Å². The Labute approximate surface area is 98.4 Å². The highest BCUT2D eigenvalue weighted by atomic mass is 16.5. The highest BCUT2D eigenvalue weighted by Crippen LogP contribution is 1.90. The van der Waals surface area contributed by atoms with E-state index in [4.69, 9.17) is 15.2 Å². The minimum absolute atomic E-state index is 0.181. The van der Waals surface area contributed by atoms with Crippen LogP contribution in [0.3, 0.4) is 0 Å². The molecule has 0 amide bonds. The number of ether oxygens (including phenoxy) is 2. The van der Waals surface area contributed by atoms with E-state index in [2.05, 4.69) is 10.3 Å². The van der Waals surface area contributed by atoms with Crippen LogP contribution in [0.2, 0.25) is 0 Å². The van der Waals surface area contributed by atoms with E-state index < -0.39 is 0 Å². The minimum Gasteiger partial charge on any atom is -0.383 e. The predicted molar refractivity (Wildman–Crippen MR) is 66.7 cm³/mol. The molecule has 3 N–H and O–H groups in total. The second-order valence-corrected chi connectivity index (χ2v) is 4.04. The quantitative estimate of drug-likeness (QED) is 0.367. The van der Waals surface area contributed by atoms with Gasteiger partial charge in [-0.25, -0.2) is 0 Å². The molecule has 0 saturated heterocycles. The molecule has 0 aliphatic heterocycles. The first kappa shape index (κ1) is 15.2. The number of nitrogens with one attached hydrogen (secondary N) is 1. The molecular formula is C11H25N3O2. The van der Waals surface area contributed by atoms with Crippen LogP contribution in [0, 0.1) is 0 Å². The molecule has 96 valence electrons. The Morgan fingerprint density at radius 1 is 1.38 bits per heavy atom. The van der Waals surface area contributed by atoms with E-state index in [1.54, 1.807) is 7.11 Å². The summed E-state index contributed by atoms with van der Waals surface area (Å²) >= 11 is 0. The summed E-state index contributed by atoms with van der Waals surface area (Å²) in [5.41, 5.74) is 5.69. The van der Waals surface area contributed by atoms with Crippen molar-refractivity contribution in [3.05, 3.63) is 0 Å². The maximum absolute atomic E-state index is 5.69. The van der Waals surface area contributed by atoms with Crippen molar-refractivity contribution in [2.75, 3.05) is 26.9 Å². The molecule has 5 nitrogen and oxygen atoms in total. The third-order valence-electron chi connectivity index (χ3n) is 1.85. The largest absolute Gasteiger partial charge is 0.383 e. The van der Waals surface area contributed by atoms with Gasteiger partial charge in [0.2, 0.25) is 0 Å². The maximum Gasteiger partial charge on any atom is 0.188 e. The van der Waals surface area contributed by atoms with E-state index in [1.807, 2.05) is 20.8 Å². The molecule has 1 atom stereocenters. The van der Waals surface area contributed by atoms with Crippen molar-refractivity contribution in [3.8, 4) is 0 Å². The topological polar surface area (TPSA) is 68.9 Å². The smallest absolute Gasteiger partial charge is 0.188 e. The fraction of sp³-hybridized carbons (Fsp3) is 0.909. The molecule has 0 aliphatic carbocycles. The number of rotatable bonds is 8. The molecule has 0 aromatic carbocycles. The highest BCUT2D eigenvalue weighted by Gasteiger charge is 2.00. The van der Waals surface area contributed by atoms with E-state index in [0.717, 1.165) is 13.0 Å². The normalized spacial score (nSPS) is 14.2. The second kappa shape index (κ2) is 9.42. The Balaban J connectivity index is 3.54. The zero-order valence-electron chi connectivity index (χ0n) is 10.8. The third-order valence-corrected chi connectivity index (χ3v) is 1.85. The van der Waals surface area contributed by atoms with Gasteiger partial charge < -0.3 is 20.5 Å². The number of methoxy groups -OCH3 is 1. The summed E-state index contributed by atoms with van der Waals surface area (Å²) in [6.07, 6.45) is 1.17. The van der Waals surface area contributed by atoms with Crippen LogP contribution in [0.5, 0.6) is 0 Å². The monoisotopic (exact) mass is 231 g/mol. The zero-order valence-corrected chi connectivity index (χ0v) is 10.8. The SMILES string of the molecule is COCC(C)NC(N)=NCCCOC(C)C. The molecule has 0 radical (unpaired) electrons. The first-order chi connectivity index (χ1) is 7.56. The summed E-state index contributed by atoms with van der Waals surface area (Å²) in [6, 6.07) is 0.181. The standard InChI is InChI=1S/C11H25N3O2/c1-9(2)16-7-5-6-13-11(12)14-10(3)8-15-4/h9-10H,5-8H2,1-4H3,(H3,12,13,14). The van der Waals surface area contributed by atoms with Gasteiger partial charge in [-0.1, -0.05) is 0 Å². The first-order valence-corrected chi connectivity index (χ1v) is 5.73. The third kappa shape index (κ3) is 9.73. The average Bonchev–Trinajstić information content (AvgIpc) is 2.16. The molecule has 16 heavy (non-hydrogen) atoms. The van der Waals surface area contributed by atoms with Crippen molar-refractivity contribution in [1.82, 2.24) is 5.32 Å². The summed E-state index contributed by atoms with van der Waals surface area (Å²) in [5.74, 6) is 0.467. The van der Waals surface area contributed by atoms with E-state index in [0.29, 0.717) is 19.1 Å². The van der Waals surface area contributed by atoms with Crippen molar-refractivity contribution >= 4 is 5.96 Å². The van der Waals surface area contributed by atoms with Gasteiger partial charge in [-0.15, -0.1) is 0 Å². The van der Waals surface area contributed by atoms with Gasteiger partial charge in [0.25, 0.3) is 0 Å². The van der Waals surface area contributed by atoms with Gasteiger partial charge in [0.05, 0.1) is 12.7 Å². The molecule has 1 unspecified atom stereocenters. The van der Waals surface area contributed by atoms with E-state index >= 15 is 0 Å². The maximum atomic E-state index is 5.69. The Kier molecular flexibility index (Phi) is 8.94. The van der Waals surface area contributed by atoms with Gasteiger partial charge >= 0.3 is 0 Å². The van der Waals surface area contributed by atoms with Crippen LogP contribution in [0.15, 0.2) is 4.99 Å². The highest BCUT2D eigenvalue weighted by molar-refractivity contribution is 5.78. The fourth-order valence-corrected chi connectivity index (χ4v) is 1.17. The van der Waals surface area contributed by atoms with Crippen LogP contribution in [0.25, 0.3) is 0 Å². The van der Waals surface area contributed by atoms with Gasteiger partial charge in [-0.05, 0) is 27.2 Å². The Hall–Kier alpha value is -0.810. The molecule has 0 fully saturated rings. The van der Waals surface area contributed by atoms with Crippen molar-refractivity contribution < 1.29 is 9.47 Å². The average molecular weight is 231 g/mol.